The molecule has 0 unspecified atom stereocenters. The van der Waals surface area contributed by atoms with E-state index in [0.29, 0.717) is 49.7 Å². The molecule has 4 rings (SSSR count). The smallest absolute Gasteiger partial charge is 0.294 e. The number of aromatic amines is 1. The van der Waals surface area contributed by atoms with E-state index in [9.17, 15) is 14.9 Å². The predicted octanol–water partition coefficient (Wildman–Crippen LogP) is 4.01. The Balaban J connectivity index is 1.36. The highest BCUT2D eigenvalue weighted by Gasteiger charge is 2.26. The molecule has 1 saturated heterocycles. The van der Waals surface area contributed by atoms with E-state index in [1.54, 1.807) is 12.1 Å². The van der Waals surface area contributed by atoms with Crippen molar-refractivity contribution in [2.75, 3.05) is 31.1 Å². The summed E-state index contributed by atoms with van der Waals surface area (Å²) < 4.78 is 0. The first-order chi connectivity index (χ1) is 14.0. The van der Waals surface area contributed by atoms with Gasteiger partial charge in [0.2, 0.25) is 5.91 Å². The second-order valence-electron chi connectivity index (χ2n) is 7.12. The highest BCUT2D eigenvalue weighted by atomic mass is 35.5. The van der Waals surface area contributed by atoms with Gasteiger partial charge in [-0.1, -0.05) is 29.8 Å². The number of fused-ring (bicyclic) bond motifs is 1. The number of carbonyl (C=O) groups is 1. The van der Waals surface area contributed by atoms with Gasteiger partial charge in [0.15, 0.2) is 0 Å². The Morgan fingerprint density at radius 3 is 2.66 bits per heavy atom. The van der Waals surface area contributed by atoms with Crippen molar-refractivity contribution in [1.82, 2.24) is 9.88 Å². The van der Waals surface area contributed by atoms with Gasteiger partial charge in [-0.25, -0.2) is 0 Å². The normalized spacial score (nSPS) is 14.4. The van der Waals surface area contributed by atoms with E-state index < -0.39 is 4.92 Å². The minimum absolute atomic E-state index is 0.00314. The number of nitro benzene ring substituents is 1. The highest BCUT2D eigenvalue weighted by molar-refractivity contribution is 6.30. The number of piperazine rings is 1. The fourth-order valence-electron chi connectivity index (χ4n) is 3.85. The van der Waals surface area contributed by atoms with E-state index in [1.807, 2.05) is 34.2 Å². The van der Waals surface area contributed by atoms with Gasteiger partial charge in [-0.3, -0.25) is 14.9 Å². The maximum atomic E-state index is 12.7. The fourth-order valence-corrected chi connectivity index (χ4v) is 4.01. The van der Waals surface area contributed by atoms with Crippen LogP contribution in [0.1, 0.15) is 12.0 Å². The first kappa shape index (κ1) is 19.3. The van der Waals surface area contributed by atoms with Gasteiger partial charge in [0.25, 0.3) is 5.69 Å². The molecule has 1 aliphatic heterocycles. The SMILES string of the molecule is O=C(CCc1c[nH]c2ccccc12)N1CCN(c2ccc(Cl)cc2[N+](=O)[O-])CC1. The number of aromatic nitrogens is 1. The lowest BCUT2D eigenvalue weighted by molar-refractivity contribution is -0.384. The molecule has 29 heavy (non-hydrogen) atoms. The molecule has 7 nitrogen and oxygen atoms in total. The fraction of sp³-hybridized carbons (Fsp3) is 0.286. The maximum Gasteiger partial charge on any atom is 0.294 e. The molecule has 3 aromatic rings. The molecule has 0 saturated carbocycles. The third-order valence-corrected chi connectivity index (χ3v) is 5.63. The Morgan fingerprint density at radius 2 is 1.90 bits per heavy atom. The second kappa shape index (κ2) is 8.13. The second-order valence-corrected chi connectivity index (χ2v) is 7.55. The molecule has 0 atom stereocenters. The van der Waals surface area contributed by atoms with Crippen molar-refractivity contribution >= 4 is 39.8 Å². The lowest BCUT2D eigenvalue weighted by Gasteiger charge is -2.36. The lowest BCUT2D eigenvalue weighted by atomic mass is 10.1. The van der Waals surface area contributed by atoms with E-state index in [1.165, 1.54) is 6.07 Å². The number of nitrogens with one attached hydrogen (secondary N) is 1. The number of hydrogen-bond donors (Lipinski definition) is 1. The van der Waals surface area contributed by atoms with Gasteiger partial charge in [-0.15, -0.1) is 0 Å². The Labute approximate surface area is 173 Å². The number of benzene rings is 2. The third kappa shape index (κ3) is 4.05. The summed E-state index contributed by atoms with van der Waals surface area (Å²) in [4.78, 5) is 30.6. The minimum atomic E-state index is -0.417. The van der Waals surface area contributed by atoms with Crippen molar-refractivity contribution in [2.45, 2.75) is 12.8 Å². The van der Waals surface area contributed by atoms with Gasteiger partial charge in [-0.05, 0) is 30.2 Å². The number of hydrogen-bond acceptors (Lipinski definition) is 4. The molecular weight excluding hydrogens is 392 g/mol. The van der Waals surface area contributed by atoms with Crippen molar-refractivity contribution in [3.05, 3.63) is 69.4 Å². The molecule has 1 aliphatic rings. The van der Waals surface area contributed by atoms with Crippen LogP contribution in [0.15, 0.2) is 48.7 Å². The predicted molar refractivity (Wildman–Crippen MR) is 114 cm³/mol. The van der Waals surface area contributed by atoms with Crippen molar-refractivity contribution in [1.29, 1.82) is 0 Å². The number of H-pyrrole nitrogens is 1. The van der Waals surface area contributed by atoms with Crippen LogP contribution in [0.4, 0.5) is 11.4 Å². The quantitative estimate of drug-likeness (QED) is 0.507. The van der Waals surface area contributed by atoms with Crippen LogP contribution in [0.3, 0.4) is 0 Å². The summed E-state index contributed by atoms with van der Waals surface area (Å²) in [6.07, 6.45) is 3.10. The number of amides is 1. The number of halogens is 1. The number of nitro groups is 1. The van der Waals surface area contributed by atoms with Crippen molar-refractivity contribution in [3.63, 3.8) is 0 Å². The van der Waals surface area contributed by atoms with Gasteiger partial charge in [-0.2, -0.15) is 0 Å². The summed E-state index contributed by atoms with van der Waals surface area (Å²) in [6, 6.07) is 12.8. The molecule has 150 valence electrons. The van der Waals surface area contributed by atoms with Crippen molar-refractivity contribution in [2.24, 2.45) is 0 Å². The van der Waals surface area contributed by atoms with Gasteiger partial charge >= 0.3 is 0 Å². The van der Waals surface area contributed by atoms with E-state index in [2.05, 4.69) is 11.1 Å². The zero-order valence-electron chi connectivity index (χ0n) is 15.8. The summed E-state index contributed by atoms with van der Waals surface area (Å²) in [5.74, 6) is 0.112. The maximum absolute atomic E-state index is 12.7. The lowest BCUT2D eigenvalue weighted by Crippen LogP contribution is -2.49. The van der Waals surface area contributed by atoms with Crippen LogP contribution in [0.25, 0.3) is 10.9 Å². The standard InChI is InChI=1S/C21H21ClN4O3/c22-16-6-7-19(20(13-16)26(28)29)24-9-11-25(12-10-24)21(27)8-5-15-14-23-18-4-2-1-3-17(15)18/h1-4,6-7,13-14,23H,5,8-12H2. The van der Waals surface area contributed by atoms with Crippen molar-refractivity contribution in [3.8, 4) is 0 Å². The Morgan fingerprint density at radius 1 is 1.14 bits per heavy atom. The molecule has 0 spiro atoms. The topological polar surface area (TPSA) is 82.5 Å². The minimum Gasteiger partial charge on any atom is -0.362 e. The van der Waals surface area contributed by atoms with Gasteiger partial charge in [0.05, 0.1) is 4.92 Å². The Bertz CT molecular complexity index is 1060. The molecule has 1 aromatic heterocycles. The average molecular weight is 413 g/mol. The molecular formula is C21H21ClN4O3. The number of anilines is 1. The molecule has 1 amide bonds. The first-order valence-corrected chi connectivity index (χ1v) is 9.92. The molecule has 2 heterocycles. The summed E-state index contributed by atoms with van der Waals surface area (Å²) in [5.41, 5.74) is 2.76. The largest absolute Gasteiger partial charge is 0.362 e. The molecule has 0 radical (unpaired) electrons. The molecule has 8 heteroatoms. The van der Waals surface area contributed by atoms with Gasteiger partial charge < -0.3 is 14.8 Å². The first-order valence-electron chi connectivity index (χ1n) is 9.54. The number of aryl methyl sites for hydroxylation is 1. The van der Waals surface area contributed by atoms with Crippen LogP contribution in [0, 0.1) is 10.1 Å². The van der Waals surface area contributed by atoms with E-state index in [-0.39, 0.29) is 11.6 Å². The third-order valence-electron chi connectivity index (χ3n) is 5.39. The van der Waals surface area contributed by atoms with Crippen molar-refractivity contribution < 1.29 is 9.72 Å². The van der Waals surface area contributed by atoms with Crippen LogP contribution in [-0.4, -0.2) is 46.9 Å². The van der Waals surface area contributed by atoms with Crippen LogP contribution < -0.4 is 4.90 Å². The molecule has 2 aromatic carbocycles. The number of rotatable bonds is 5. The summed E-state index contributed by atoms with van der Waals surface area (Å²) >= 11 is 5.90. The monoisotopic (exact) mass is 412 g/mol. The molecule has 1 N–H and O–H groups in total. The molecule has 0 aliphatic carbocycles. The zero-order chi connectivity index (χ0) is 20.4. The van der Waals surface area contributed by atoms with E-state index in [0.717, 1.165) is 16.5 Å². The Hall–Kier alpha value is -3.06. The van der Waals surface area contributed by atoms with E-state index in [4.69, 9.17) is 11.6 Å². The summed E-state index contributed by atoms with van der Waals surface area (Å²) in [5, 5.41) is 12.8. The number of para-hydroxylation sites is 1. The highest BCUT2D eigenvalue weighted by Crippen LogP contribution is 2.31. The zero-order valence-corrected chi connectivity index (χ0v) is 16.6. The summed E-state index contributed by atoms with van der Waals surface area (Å²) in [6.45, 7) is 2.21. The van der Waals surface area contributed by atoms with Crippen LogP contribution >= 0.6 is 11.6 Å². The van der Waals surface area contributed by atoms with Gasteiger partial charge in [0.1, 0.15) is 5.69 Å². The Kier molecular flexibility index (Phi) is 5.40. The van der Waals surface area contributed by atoms with E-state index >= 15 is 0 Å². The summed E-state index contributed by atoms with van der Waals surface area (Å²) in [7, 11) is 0. The average Bonchev–Trinajstić information content (AvgIpc) is 3.15. The number of nitrogens with zero attached hydrogens (tertiary/aromatic N) is 3. The molecule has 0 bridgehead atoms. The van der Waals surface area contributed by atoms with Crippen LogP contribution in [0.2, 0.25) is 5.02 Å². The van der Waals surface area contributed by atoms with Crippen LogP contribution in [0.5, 0.6) is 0 Å². The van der Waals surface area contributed by atoms with Gasteiger partial charge in [0, 0.05) is 60.8 Å². The van der Waals surface area contributed by atoms with Crippen LogP contribution in [-0.2, 0) is 11.2 Å². The molecule has 1 fully saturated rings. The number of carbonyl (C=O) groups excluding carboxylic acids is 1.